The Morgan fingerprint density at radius 2 is 1.12 bits per heavy atom. The van der Waals surface area contributed by atoms with Crippen molar-refractivity contribution in [3.8, 4) is 11.5 Å². The van der Waals surface area contributed by atoms with E-state index in [4.69, 9.17) is 20.9 Å². The van der Waals surface area contributed by atoms with Crippen molar-refractivity contribution in [2.75, 3.05) is 14.2 Å². The van der Waals surface area contributed by atoms with Crippen LogP contribution in [0.2, 0.25) is 0 Å². The van der Waals surface area contributed by atoms with Gasteiger partial charge in [-0.3, -0.25) is 0 Å². The molecule has 130 valence electrons. The van der Waals surface area contributed by atoms with Gasteiger partial charge in [-0.05, 0) is 41.3 Å². The minimum Gasteiger partial charge on any atom is -0.497 e. The average Bonchev–Trinajstić information content (AvgIpc) is 2.60. The third-order valence-electron chi connectivity index (χ3n) is 4.38. The quantitative estimate of drug-likeness (QED) is 0.712. The Morgan fingerprint density at radius 1 is 0.792 bits per heavy atom. The number of hydrogen-bond donors (Lipinski definition) is 2. The van der Waals surface area contributed by atoms with Gasteiger partial charge in [0.1, 0.15) is 11.5 Å². The van der Waals surface area contributed by atoms with Gasteiger partial charge in [-0.2, -0.15) is 0 Å². The predicted octanol–water partition coefficient (Wildman–Crippen LogP) is 2.89. The fourth-order valence-electron chi connectivity index (χ4n) is 2.81. The number of nitrogens with two attached hydrogens (primary N) is 2. The van der Waals surface area contributed by atoms with Crippen LogP contribution in [0.3, 0.4) is 0 Å². The molecule has 0 saturated carbocycles. The summed E-state index contributed by atoms with van der Waals surface area (Å²) in [6.07, 6.45) is 0. The second kappa shape index (κ2) is 8.61. The van der Waals surface area contributed by atoms with Crippen molar-refractivity contribution in [3.63, 3.8) is 0 Å². The van der Waals surface area contributed by atoms with E-state index in [9.17, 15) is 0 Å². The molecule has 0 aliphatic heterocycles. The van der Waals surface area contributed by atoms with E-state index in [1.165, 1.54) is 0 Å². The zero-order valence-corrected chi connectivity index (χ0v) is 16.3. The van der Waals surface area contributed by atoms with Crippen LogP contribution in [0.4, 0.5) is 0 Å². The smallest absolute Gasteiger partial charge is 0.497 e. The van der Waals surface area contributed by atoms with E-state index in [1.807, 2.05) is 48.5 Å². The van der Waals surface area contributed by atoms with Gasteiger partial charge in [0.2, 0.25) is 0 Å². The van der Waals surface area contributed by atoms with Crippen molar-refractivity contribution in [2.24, 2.45) is 17.4 Å². The van der Waals surface area contributed by atoms with E-state index in [-0.39, 0.29) is 31.4 Å². The van der Waals surface area contributed by atoms with Crippen LogP contribution in [0.15, 0.2) is 48.5 Å². The van der Waals surface area contributed by atoms with Crippen LogP contribution in [-0.2, 0) is 25.0 Å². The molecule has 0 unspecified atom stereocenters. The predicted molar refractivity (Wildman–Crippen MR) is 93.8 cm³/mol. The summed E-state index contributed by atoms with van der Waals surface area (Å²) in [5, 5.41) is 0. The minimum atomic E-state index is -0.785. The first kappa shape index (κ1) is 20.6. The second-order valence-corrected chi connectivity index (χ2v) is 6.10. The van der Waals surface area contributed by atoms with Gasteiger partial charge in [-0.1, -0.05) is 38.1 Å². The second-order valence-electron chi connectivity index (χ2n) is 6.10. The molecule has 0 aromatic heterocycles. The average molecular weight is 415 g/mol. The van der Waals surface area contributed by atoms with Gasteiger partial charge < -0.3 is 20.9 Å². The maximum absolute atomic E-state index is 6.86. The summed E-state index contributed by atoms with van der Waals surface area (Å²) in [4.78, 5) is 0. The third kappa shape index (κ3) is 3.97. The molecule has 24 heavy (non-hydrogen) atoms. The molecule has 0 amide bonds. The summed E-state index contributed by atoms with van der Waals surface area (Å²) in [6, 6.07) is 15.3. The van der Waals surface area contributed by atoms with Gasteiger partial charge in [0.05, 0.1) is 19.8 Å². The van der Waals surface area contributed by atoms with E-state index >= 15 is 0 Å². The molecule has 0 spiro atoms. The normalized spacial score (nSPS) is 12.5. The van der Waals surface area contributed by atoms with Crippen molar-refractivity contribution in [2.45, 2.75) is 25.4 Å². The molecule has 5 heteroatoms. The monoisotopic (exact) mass is 416 g/mol. The number of rotatable bonds is 6. The molecular formula is C19H26N2O2Ru+2. The van der Waals surface area contributed by atoms with Gasteiger partial charge in [0.25, 0.3) is 0 Å². The molecule has 4 N–H and O–H groups in total. The van der Waals surface area contributed by atoms with E-state index < -0.39 is 5.54 Å². The van der Waals surface area contributed by atoms with E-state index in [0.29, 0.717) is 0 Å². The minimum absolute atomic E-state index is 0. The maximum atomic E-state index is 6.86. The first-order chi connectivity index (χ1) is 10.9. The Bertz CT molecular complexity index is 579. The fourth-order valence-corrected chi connectivity index (χ4v) is 2.81. The summed E-state index contributed by atoms with van der Waals surface area (Å²) in [5.41, 5.74) is 14.5. The van der Waals surface area contributed by atoms with E-state index in [2.05, 4.69) is 13.8 Å². The summed E-state index contributed by atoms with van der Waals surface area (Å²) in [7, 11) is 3.29. The fraction of sp³-hybridized carbons (Fsp3) is 0.368. The van der Waals surface area contributed by atoms with Crippen LogP contribution >= 0.6 is 0 Å². The van der Waals surface area contributed by atoms with Gasteiger partial charge in [-0.25, -0.2) is 0 Å². The molecule has 0 saturated heterocycles. The molecule has 0 bridgehead atoms. The molecular weight excluding hydrogens is 389 g/mol. The molecule has 0 radical (unpaired) electrons. The van der Waals surface area contributed by atoms with E-state index in [0.717, 1.165) is 22.6 Å². The zero-order chi connectivity index (χ0) is 17.0. The van der Waals surface area contributed by atoms with Crippen molar-refractivity contribution in [3.05, 3.63) is 59.7 Å². The first-order valence-corrected chi connectivity index (χ1v) is 7.77. The largest absolute Gasteiger partial charge is 2.00 e. The Labute approximate surface area is 157 Å². The standard InChI is InChI=1S/C19H26N2O2.Ru/c1-13(2)18(20)19(21,14-5-9-16(22-3)10-6-14)15-7-11-17(23-4)12-8-15;/h5-13,18H,20-21H2,1-4H3;/q;+2/t18-;/m0./s1. The van der Waals surface area contributed by atoms with Crippen LogP contribution < -0.4 is 20.9 Å². The molecule has 1 atom stereocenters. The Hall–Kier alpha value is -1.42. The van der Waals surface area contributed by atoms with Crippen molar-refractivity contribution >= 4 is 0 Å². The van der Waals surface area contributed by atoms with Crippen molar-refractivity contribution in [1.82, 2.24) is 0 Å². The third-order valence-corrected chi connectivity index (χ3v) is 4.38. The summed E-state index contributed by atoms with van der Waals surface area (Å²) >= 11 is 0. The number of benzene rings is 2. The maximum Gasteiger partial charge on any atom is 2.00 e. The van der Waals surface area contributed by atoms with Gasteiger partial charge in [0.15, 0.2) is 0 Å². The Morgan fingerprint density at radius 3 is 1.38 bits per heavy atom. The molecule has 2 rings (SSSR count). The van der Waals surface area contributed by atoms with E-state index in [1.54, 1.807) is 14.2 Å². The molecule has 0 aliphatic rings. The summed E-state index contributed by atoms with van der Waals surface area (Å²) in [6.45, 7) is 4.17. The molecule has 2 aromatic carbocycles. The molecule has 4 nitrogen and oxygen atoms in total. The van der Waals surface area contributed by atoms with Crippen LogP contribution in [0, 0.1) is 5.92 Å². The van der Waals surface area contributed by atoms with Gasteiger partial charge in [0, 0.05) is 6.04 Å². The number of methoxy groups -OCH3 is 2. The van der Waals surface area contributed by atoms with Crippen LogP contribution in [0.5, 0.6) is 11.5 Å². The molecule has 0 aliphatic carbocycles. The summed E-state index contributed by atoms with van der Waals surface area (Å²) < 4.78 is 10.5. The topological polar surface area (TPSA) is 70.5 Å². The van der Waals surface area contributed by atoms with Gasteiger partial charge >= 0.3 is 19.5 Å². The molecule has 0 heterocycles. The van der Waals surface area contributed by atoms with Crippen LogP contribution in [-0.4, -0.2) is 20.3 Å². The van der Waals surface area contributed by atoms with Gasteiger partial charge in [-0.15, -0.1) is 0 Å². The Kier molecular flexibility index (Phi) is 7.40. The SMILES string of the molecule is COc1ccc(C(N)(c2ccc(OC)cc2)[C@@H](N)C(C)C)cc1.[Ru+2]. The number of hydrogen-bond acceptors (Lipinski definition) is 4. The van der Waals surface area contributed by atoms with Crippen molar-refractivity contribution < 1.29 is 29.0 Å². The summed E-state index contributed by atoms with van der Waals surface area (Å²) in [5.74, 6) is 1.82. The zero-order valence-electron chi connectivity index (χ0n) is 14.6. The molecule has 0 fully saturated rings. The van der Waals surface area contributed by atoms with Crippen LogP contribution in [0.25, 0.3) is 0 Å². The van der Waals surface area contributed by atoms with Crippen molar-refractivity contribution in [1.29, 1.82) is 0 Å². The Balaban J connectivity index is 0.00000288. The first-order valence-electron chi connectivity index (χ1n) is 7.77. The molecule has 2 aromatic rings. The van der Waals surface area contributed by atoms with Crippen LogP contribution in [0.1, 0.15) is 25.0 Å². The number of ether oxygens (including phenoxy) is 2.